The Morgan fingerprint density at radius 1 is 1.00 bits per heavy atom. The van der Waals surface area contributed by atoms with E-state index in [0.717, 1.165) is 11.8 Å². The number of anilines is 1. The van der Waals surface area contributed by atoms with Crippen LogP contribution in [0, 0.1) is 10.1 Å². The molecule has 0 atom stereocenters. The molecule has 3 aromatic carbocycles. The number of rotatable bonds is 8. The zero-order valence-electron chi connectivity index (χ0n) is 16.5. The Kier molecular flexibility index (Phi) is 6.42. The van der Waals surface area contributed by atoms with Crippen molar-refractivity contribution < 1.29 is 18.9 Å². The summed E-state index contributed by atoms with van der Waals surface area (Å²) >= 11 is 1.08. The van der Waals surface area contributed by atoms with E-state index in [4.69, 9.17) is 9.15 Å². The molecule has 0 bridgehead atoms. The molecule has 160 valence electrons. The Balaban J connectivity index is 1.38. The van der Waals surface area contributed by atoms with Gasteiger partial charge in [-0.1, -0.05) is 42.1 Å². The quantitative estimate of drug-likeness (QED) is 0.223. The van der Waals surface area contributed by atoms with Gasteiger partial charge in [-0.2, -0.15) is 0 Å². The molecule has 0 saturated carbocycles. The molecule has 0 aliphatic heterocycles. The maximum absolute atomic E-state index is 12.2. The molecule has 10 heteroatoms. The molecule has 0 aliphatic carbocycles. The van der Waals surface area contributed by atoms with E-state index in [1.54, 1.807) is 6.07 Å². The van der Waals surface area contributed by atoms with Crippen LogP contribution >= 0.6 is 11.8 Å². The smallest absolute Gasteiger partial charge is 0.277 e. The number of thioether (sulfide) groups is 1. The number of carbonyl (C=O) groups excluding carboxylic acids is 1. The molecule has 32 heavy (non-hydrogen) atoms. The summed E-state index contributed by atoms with van der Waals surface area (Å²) in [5, 5.41) is 21.6. The minimum absolute atomic E-state index is 0.0286. The number of amides is 1. The summed E-state index contributed by atoms with van der Waals surface area (Å²) in [6, 6.07) is 22.2. The van der Waals surface area contributed by atoms with E-state index in [2.05, 4.69) is 15.5 Å². The molecular weight excluding hydrogens is 432 g/mol. The van der Waals surface area contributed by atoms with Gasteiger partial charge in [0.25, 0.3) is 16.8 Å². The Bertz CT molecular complexity index is 1230. The minimum Gasteiger partial charge on any atom is -0.457 e. The van der Waals surface area contributed by atoms with E-state index in [1.807, 2.05) is 48.5 Å². The highest BCUT2D eigenvalue weighted by Gasteiger charge is 2.15. The second-order valence-electron chi connectivity index (χ2n) is 6.43. The third kappa shape index (κ3) is 5.29. The van der Waals surface area contributed by atoms with Crippen molar-refractivity contribution in [1.82, 2.24) is 10.2 Å². The van der Waals surface area contributed by atoms with Crippen molar-refractivity contribution in [2.24, 2.45) is 0 Å². The van der Waals surface area contributed by atoms with E-state index >= 15 is 0 Å². The molecule has 1 heterocycles. The van der Waals surface area contributed by atoms with Gasteiger partial charge in [0.1, 0.15) is 11.5 Å². The average Bonchev–Trinajstić information content (AvgIpc) is 3.28. The first kappa shape index (κ1) is 21.1. The minimum atomic E-state index is -0.502. The third-order valence-corrected chi connectivity index (χ3v) is 5.00. The van der Waals surface area contributed by atoms with E-state index in [1.165, 1.54) is 24.3 Å². The Hall–Kier alpha value is -4.18. The third-order valence-electron chi connectivity index (χ3n) is 4.18. The number of nitrogens with one attached hydrogen (secondary N) is 1. The summed E-state index contributed by atoms with van der Waals surface area (Å²) in [6.07, 6.45) is 0. The van der Waals surface area contributed by atoms with Gasteiger partial charge in [0.2, 0.25) is 5.91 Å². The summed E-state index contributed by atoms with van der Waals surface area (Å²) in [7, 11) is 0. The number of hydrogen-bond donors (Lipinski definition) is 1. The van der Waals surface area contributed by atoms with Gasteiger partial charge >= 0.3 is 0 Å². The largest absolute Gasteiger partial charge is 0.457 e. The lowest BCUT2D eigenvalue weighted by atomic mass is 10.2. The molecule has 0 fully saturated rings. The summed E-state index contributed by atoms with van der Waals surface area (Å²) in [5.41, 5.74) is 1.04. The number of nitro groups is 1. The number of para-hydroxylation sites is 2. The van der Waals surface area contributed by atoms with Gasteiger partial charge in [-0.25, -0.2) is 0 Å². The normalized spacial score (nSPS) is 10.5. The maximum Gasteiger partial charge on any atom is 0.277 e. The Labute approximate surface area is 186 Å². The molecule has 1 N–H and O–H groups in total. The molecule has 0 saturated heterocycles. The van der Waals surface area contributed by atoms with Crippen LogP contribution in [0.5, 0.6) is 11.5 Å². The van der Waals surface area contributed by atoms with E-state index in [9.17, 15) is 14.9 Å². The SMILES string of the molecule is O=C(CSc1nnc(-c2ccccc2Oc2ccccc2)o1)Nc1ccc([N+](=O)[O-])cc1. The lowest BCUT2D eigenvalue weighted by Gasteiger charge is -2.08. The fraction of sp³-hybridized carbons (Fsp3) is 0.0455. The molecular formula is C22H16N4O5S. The van der Waals surface area contributed by atoms with Gasteiger partial charge in [0, 0.05) is 17.8 Å². The topological polar surface area (TPSA) is 120 Å². The molecule has 1 aromatic heterocycles. The van der Waals surface area contributed by atoms with Crippen molar-refractivity contribution in [2.45, 2.75) is 5.22 Å². The van der Waals surface area contributed by atoms with Gasteiger partial charge in [-0.15, -0.1) is 10.2 Å². The monoisotopic (exact) mass is 448 g/mol. The number of non-ortho nitro benzene ring substituents is 1. The van der Waals surface area contributed by atoms with Crippen molar-refractivity contribution in [1.29, 1.82) is 0 Å². The van der Waals surface area contributed by atoms with E-state index < -0.39 is 4.92 Å². The first-order valence-corrected chi connectivity index (χ1v) is 10.4. The molecule has 0 radical (unpaired) electrons. The van der Waals surface area contributed by atoms with Crippen LogP contribution in [0.1, 0.15) is 0 Å². The van der Waals surface area contributed by atoms with Crippen LogP contribution in [0.4, 0.5) is 11.4 Å². The van der Waals surface area contributed by atoms with Crippen molar-refractivity contribution in [2.75, 3.05) is 11.1 Å². The molecule has 4 aromatic rings. The lowest BCUT2D eigenvalue weighted by Crippen LogP contribution is -2.13. The highest BCUT2D eigenvalue weighted by atomic mass is 32.2. The van der Waals surface area contributed by atoms with Crippen molar-refractivity contribution in [3.05, 3.63) is 89.0 Å². The fourth-order valence-electron chi connectivity index (χ4n) is 2.72. The summed E-state index contributed by atoms with van der Waals surface area (Å²) < 4.78 is 11.6. The zero-order chi connectivity index (χ0) is 22.3. The highest BCUT2D eigenvalue weighted by Crippen LogP contribution is 2.33. The summed E-state index contributed by atoms with van der Waals surface area (Å²) in [4.78, 5) is 22.4. The van der Waals surface area contributed by atoms with Gasteiger partial charge in [0.05, 0.1) is 16.2 Å². The number of nitro benzene ring substituents is 1. The molecule has 4 rings (SSSR count). The molecule has 1 amide bonds. The van der Waals surface area contributed by atoms with Crippen molar-refractivity contribution in [3.63, 3.8) is 0 Å². The standard InChI is InChI=1S/C22H16N4O5S/c27-20(23-15-10-12-16(13-11-15)26(28)29)14-32-22-25-24-21(31-22)18-8-4-5-9-19(18)30-17-6-2-1-3-7-17/h1-13H,14H2,(H,23,27). The lowest BCUT2D eigenvalue weighted by molar-refractivity contribution is -0.384. The van der Waals surface area contributed by atoms with Crippen LogP contribution in [0.2, 0.25) is 0 Å². The zero-order valence-corrected chi connectivity index (χ0v) is 17.3. The predicted molar refractivity (Wildman–Crippen MR) is 119 cm³/mol. The number of ether oxygens (including phenoxy) is 1. The second-order valence-corrected chi connectivity index (χ2v) is 7.35. The van der Waals surface area contributed by atoms with E-state index in [0.29, 0.717) is 22.7 Å². The average molecular weight is 448 g/mol. The van der Waals surface area contributed by atoms with Crippen LogP contribution in [0.25, 0.3) is 11.5 Å². The summed E-state index contributed by atoms with van der Waals surface area (Å²) in [5.74, 6) is 1.24. The molecule has 0 spiro atoms. The van der Waals surface area contributed by atoms with E-state index in [-0.39, 0.29) is 28.5 Å². The van der Waals surface area contributed by atoms with Crippen LogP contribution in [-0.4, -0.2) is 26.8 Å². The summed E-state index contributed by atoms with van der Waals surface area (Å²) in [6.45, 7) is 0. The first-order chi connectivity index (χ1) is 15.6. The second kappa shape index (κ2) is 9.75. The molecule has 0 aliphatic rings. The molecule has 9 nitrogen and oxygen atoms in total. The number of hydrogen-bond acceptors (Lipinski definition) is 8. The van der Waals surface area contributed by atoms with Crippen LogP contribution in [-0.2, 0) is 4.79 Å². The van der Waals surface area contributed by atoms with Gasteiger partial charge in [-0.3, -0.25) is 14.9 Å². The van der Waals surface area contributed by atoms with Gasteiger partial charge in [0.15, 0.2) is 0 Å². The van der Waals surface area contributed by atoms with Crippen LogP contribution in [0.15, 0.2) is 88.5 Å². The van der Waals surface area contributed by atoms with Crippen molar-refractivity contribution >= 4 is 29.0 Å². The maximum atomic E-state index is 12.2. The Morgan fingerprint density at radius 3 is 2.47 bits per heavy atom. The predicted octanol–water partition coefficient (Wildman–Crippen LogP) is 5.17. The Morgan fingerprint density at radius 2 is 1.72 bits per heavy atom. The number of carbonyl (C=O) groups is 1. The first-order valence-electron chi connectivity index (χ1n) is 9.41. The number of nitrogens with zero attached hydrogens (tertiary/aromatic N) is 3. The number of benzene rings is 3. The number of aromatic nitrogens is 2. The van der Waals surface area contributed by atoms with Gasteiger partial charge in [-0.05, 0) is 36.4 Å². The fourth-order valence-corrected chi connectivity index (χ4v) is 3.28. The molecule has 0 unspecified atom stereocenters. The van der Waals surface area contributed by atoms with Crippen LogP contribution in [0.3, 0.4) is 0 Å². The van der Waals surface area contributed by atoms with Gasteiger partial charge < -0.3 is 14.5 Å². The van der Waals surface area contributed by atoms with Crippen LogP contribution < -0.4 is 10.1 Å². The van der Waals surface area contributed by atoms with Crippen molar-refractivity contribution in [3.8, 4) is 23.0 Å². The highest BCUT2D eigenvalue weighted by molar-refractivity contribution is 7.99.